The molecule has 0 aliphatic carbocycles. The van der Waals surface area contributed by atoms with E-state index in [0.717, 1.165) is 38.6 Å². The lowest BCUT2D eigenvalue weighted by Crippen LogP contribution is -2.04. The van der Waals surface area contributed by atoms with Crippen LogP contribution in [0.5, 0.6) is 0 Å². The van der Waals surface area contributed by atoms with Crippen LogP contribution >= 0.6 is 0 Å². The van der Waals surface area contributed by atoms with Gasteiger partial charge in [-0.3, -0.25) is 4.57 Å². The second-order valence-corrected chi connectivity index (χ2v) is 13.7. The maximum atomic E-state index is 5.57. The number of fused-ring (bicyclic) bond motifs is 8. The predicted octanol–water partition coefficient (Wildman–Crippen LogP) is 12.4. The summed E-state index contributed by atoms with van der Waals surface area (Å²) in [7, 11) is 0. The Bertz CT molecular complexity index is 3390. The number of aromatic nitrogens is 4. The van der Waals surface area contributed by atoms with E-state index in [1.165, 1.54) is 65.4 Å². The van der Waals surface area contributed by atoms with Crippen molar-refractivity contribution in [3.8, 4) is 28.3 Å². The van der Waals surface area contributed by atoms with E-state index in [-0.39, 0.29) is 0 Å². The summed E-state index contributed by atoms with van der Waals surface area (Å²) in [5.74, 6) is 0.661. The second kappa shape index (κ2) is 10.3. The third kappa shape index (κ3) is 3.60. The molecule has 0 amide bonds. The monoisotopic (exact) mass is 660 g/mol. The lowest BCUT2D eigenvalue weighted by molar-refractivity contribution is 1.01. The minimum atomic E-state index is 0.661. The van der Waals surface area contributed by atoms with Crippen LogP contribution in [0.4, 0.5) is 0 Å². The molecule has 12 rings (SSSR count). The zero-order valence-corrected chi connectivity index (χ0v) is 28.0. The van der Waals surface area contributed by atoms with Crippen molar-refractivity contribution in [2.45, 2.75) is 0 Å². The Labute approximate surface area is 297 Å². The minimum absolute atomic E-state index is 0.661. The van der Waals surface area contributed by atoms with E-state index in [1.807, 2.05) is 0 Å². The molecule has 4 heteroatoms. The molecule has 4 nitrogen and oxygen atoms in total. The van der Waals surface area contributed by atoms with Gasteiger partial charge in [0.15, 0.2) is 0 Å². The lowest BCUT2D eigenvalue weighted by atomic mass is 9.93. The molecule has 0 radical (unpaired) electrons. The summed E-state index contributed by atoms with van der Waals surface area (Å²) < 4.78 is 4.76. The molecule has 0 saturated carbocycles. The Morgan fingerprint density at radius 2 is 0.981 bits per heavy atom. The largest absolute Gasteiger partial charge is 0.308 e. The topological polar surface area (TPSA) is 35.1 Å². The second-order valence-electron chi connectivity index (χ2n) is 13.7. The normalized spacial score (nSPS) is 12.2. The van der Waals surface area contributed by atoms with Gasteiger partial charge < -0.3 is 4.40 Å². The van der Waals surface area contributed by atoms with E-state index in [0.29, 0.717) is 5.95 Å². The van der Waals surface area contributed by atoms with Crippen molar-refractivity contribution in [3.05, 3.63) is 170 Å². The fourth-order valence-corrected chi connectivity index (χ4v) is 8.96. The number of benzene rings is 8. The predicted molar refractivity (Wildman–Crippen MR) is 217 cm³/mol. The maximum Gasteiger partial charge on any atom is 0.235 e. The minimum Gasteiger partial charge on any atom is -0.308 e. The zero-order valence-electron chi connectivity index (χ0n) is 28.0. The Morgan fingerprint density at radius 1 is 0.365 bits per heavy atom. The molecule has 0 spiro atoms. The first-order valence-corrected chi connectivity index (χ1v) is 17.8. The Hall–Kier alpha value is -7.04. The summed E-state index contributed by atoms with van der Waals surface area (Å²) in [5.41, 5.74) is 11.1. The smallest absolute Gasteiger partial charge is 0.235 e. The van der Waals surface area contributed by atoms with Crippen LogP contribution in [0.1, 0.15) is 0 Å². The average Bonchev–Trinajstić information content (AvgIpc) is 3.70. The van der Waals surface area contributed by atoms with E-state index < -0.39 is 0 Å². The first-order chi connectivity index (χ1) is 25.8. The average molecular weight is 661 g/mol. The Balaban J connectivity index is 1.27. The number of nitrogens with zero attached hydrogens (tertiary/aromatic N) is 4. The van der Waals surface area contributed by atoms with Gasteiger partial charge >= 0.3 is 0 Å². The third-order valence-electron chi connectivity index (χ3n) is 11.0. The van der Waals surface area contributed by atoms with Crippen molar-refractivity contribution >= 4 is 81.6 Å². The summed E-state index contributed by atoms with van der Waals surface area (Å²) in [6.07, 6.45) is 0. The fraction of sp³-hybridized carbons (Fsp3) is 0. The van der Waals surface area contributed by atoms with Gasteiger partial charge in [-0.05, 0) is 52.2 Å². The van der Waals surface area contributed by atoms with Crippen molar-refractivity contribution in [3.63, 3.8) is 0 Å². The molecule has 240 valence electrons. The molecule has 12 aromatic rings. The molecule has 4 aromatic heterocycles. The van der Waals surface area contributed by atoms with Crippen LogP contribution in [0.25, 0.3) is 110 Å². The van der Waals surface area contributed by atoms with Crippen molar-refractivity contribution in [2.24, 2.45) is 0 Å². The van der Waals surface area contributed by atoms with Crippen LogP contribution in [0.15, 0.2) is 170 Å². The SMILES string of the molecule is c1ccc(-c2cccc3ccc4nc(-n5c6cccc7c8cccc9c%10ccccc%10n(c%10cccc5c%10c76)c89)nc(-c5ccccc5)c4c23)cc1. The summed E-state index contributed by atoms with van der Waals surface area (Å²) in [4.78, 5) is 11.0. The number of hydrogen-bond acceptors (Lipinski definition) is 2. The van der Waals surface area contributed by atoms with Crippen molar-refractivity contribution in [1.29, 1.82) is 0 Å². The highest BCUT2D eigenvalue weighted by Crippen LogP contribution is 2.45. The molecular formula is C48H28N4. The molecule has 52 heavy (non-hydrogen) atoms. The number of rotatable bonds is 3. The Kier molecular flexibility index (Phi) is 5.47. The third-order valence-corrected chi connectivity index (χ3v) is 11.0. The molecule has 4 heterocycles. The van der Waals surface area contributed by atoms with Crippen molar-refractivity contribution in [1.82, 2.24) is 18.9 Å². The van der Waals surface area contributed by atoms with Crippen LogP contribution in [0.2, 0.25) is 0 Å². The molecule has 0 atom stereocenters. The van der Waals surface area contributed by atoms with Gasteiger partial charge in [-0.15, -0.1) is 0 Å². The summed E-state index contributed by atoms with van der Waals surface area (Å²) in [6, 6.07) is 61.0. The zero-order chi connectivity index (χ0) is 33.9. The first-order valence-electron chi connectivity index (χ1n) is 17.8. The number of para-hydroxylation sites is 2. The quantitative estimate of drug-likeness (QED) is 0.177. The molecule has 0 aliphatic rings. The van der Waals surface area contributed by atoms with Gasteiger partial charge in [0.1, 0.15) is 0 Å². The van der Waals surface area contributed by atoms with Gasteiger partial charge in [0.05, 0.1) is 38.8 Å². The van der Waals surface area contributed by atoms with Gasteiger partial charge in [0.25, 0.3) is 0 Å². The van der Waals surface area contributed by atoms with Gasteiger partial charge in [-0.2, -0.15) is 0 Å². The molecule has 0 fully saturated rings. The van der Waals surface area contributed by atoms with Gasteiger partial charge in [0, 0.05) is 43.3 Å². The molecular weight excluding hydrogens is 633 g/mol. The molecule has 0 saturated heterocycles. The lowest BCUT2D eigenvalue weighted by Gasteiger charge is -2.16. The highest BCUT2D eigenvalue weighted by molar-refractivity contribution is 6.31. The molecule has 0 unspecified atom stereocenters. The van der Waals surface area contributed by atoms with E-state index in [1.54, 1.807) is 0 Å². The summed E-state index contributed by atoms with van der Waals surface area (Å²) in [5, 5.41) is 10.8. The van der Waals surface area contributed by atoms with E-state index >= 15 is 0 Å². The highest BCUT2D eigenvalue weighted by Gasteiger charge is 2.24. The van der Waals surface area contributed by atoms with Crippen molar-refractivity contribution < 1.29 is 0 Å². The van der Waals surface area contributed by atoms with E-state index in [4.69, 9.17) is 9.97 Å². The van der Waals surface area contributed by atoms with Crippen LogP contribution in [-0.4, -0.2) is 18.9 Å². The van der Waals surface area contributed by atoms with Crippen LogP contribution < -0.4 is 0 Å². The van der Waals surface area contributed by atoms with Gasteiger partial charge in [-0.1, -0.05) is 140 Å². The van der Waals surface area contributed by atoms with Gasteiger partial charge in [0.2, 0.25) is 5.95 Å². The van der Waals surface area contributed by atoms with Crippen LogP contribution in [0, 0.1) is 0 Å². The first kappa shape index (κ1) is 27.7. The van der Waals surface area contributed by atoms with Crippen LogP contribution in [-0.2, 0) is 0 Å². The molecule has 0 aliphatic heterocycles. The van der Waals surface area contributed by atoms with Gasteiger partial charge in [-0.25, -0.2) is 9.97 Å². The summed E-state index contributed by atoms with van der Waals surface area (Å²) in [6.45, 7) is 0. The summed E-state index contributed by atoms with van der Waals surface area (Å²) >= 11 is 0. The Morgan fingerprint density at radius 3 is 1.83 bits per heavy atom. The standard InChI is InChI=1S/C48H28N4/c1-3-13-29(14-4-1)32-19-9-17-30-27-28-37-44(42(30)32)46(31-15-5-2-6-16-31)50-48(49-37)52-39-24-11-20-34-36-22-10-21-35-33-18-7-8-23-38(33)51(47(35)36)40-25-12-26-41(52)45(40)43(34)39/h1-28H. The van der Waals surface area contributed by atoms with Crippen LogP contribution in [0.3, 0.4) is 0 Å². The molecule has 0 N–H and O–H groups in total. The molecule has 8 aromatic carbocycles. The van der Waals surface area contributed by atoms with Crippen molar-refractivity contribution in [2.75, 3.05) is 0 Å². The molecule has 0 bridgehead atoms. The number of hydrogen-bond donors (Lipinski definition) is 0. The maximum absolute atomic E-state index is 5.57. The van der Waals surface area contributed by atoms with E-state index in [2.05, 4.69) is 179 Å². The fourth-order valence-electron chi connectivity index (χ4n) is 8.96. The highest BCUT2D eigenvalue weighted by atomic mass is 15.2. The van der Waals surface area contributed by atoms with E-state index in [9.17, 15) is 0 Å².